The van der Waals surface area contributed by atoms with Crippen LogP contribution in [0.3, 0.4) is 0 Å². The summed E-state index contributed by atoms with van der Waals surface area (Å²) in [5.41, 5.74) is 0.298. The van der Waals surface area contributed by atoms with Crippen LogP contribution in [0.2, 0.25) is 0 Å². The third-order valence-corrected chi connectivity index (χ3v) is 5.32. The highest BCUT2D eigenvalue weighted by molar-refractivity contribution is 7.99. The van der Waals surface area contributed by atoms with Crippen molar-refractivity contribution in [2.24, 2.45) is 0 Å². The van der Waals surface area contributed by atoms with E-state index in [-0.39, 0.29) is 5.91 Å². The number of methoxy groups -OCH3 is 1. The average molecular weight is 417 g/mol. The van der Waals surface area contributed by atoms with Gasteiger partial charge in [0.2, 0.25) is 0 Å². The van der Waals surface area contributed by atoms with Gasteiger partial charge in [0.25, 0.3) is 5.91 Å². The zero-order chi connectivity index (χ0) is 20.9. The number of ether oxygens (including phenoxy) is 1. The summed E-state index contributed by atoms with van der Waals surface area (Å²) in [5, 5.41) is 2.33. The fourth-order valence-corrected chi connectivity index (χ4v) is 3.63. The highest BCUT2D eigenvalue weighted by Crippen LogP contribution is 2.36. The van der Waals surface area contributed by atoms with E-state index in [0.717, 1.165) is 17.0 Å². The standard InChI is InChI=1S/C22H18F3NO2S/c1-28-18-11-13-19(14-12-18)29-21(26-20(27)15-5-3-2-4-6-15)16-7-9-17(10-8-16)22(23,24)25/h2-14,21H,1H3,(H,26,27). The minimum Gasteiger partial charge on any atom is -0.497 e. The van der Waals surface area contributed by atoms with Crippen molar-refractivity contribution in [2.45, 2.75) is 16.4 Å². The monoisotopic (exact) mass is 417 g/mol. The Bertz CT molecular complexity index is 943. The highest BCUT2D eigenvalue weighted by Gasteiger charge is 2.30. The second-order valence-corrected chi connectivity index (χ2v) is 7.31. The average Bonchev–Trinajstić information content (AvgIpc) is 2.74. The van der Waals surface area contributed by atoms with Gasteiger partial charge in [0.1, 0.15) is 11.1 Å². The van der Waals surface area contributed by atoms with E-state index in [1.54, 1.807) is 49.6 Å². The van der Waals surface area contributed by atoms with Crippen molar-refractivity contribution in [1.29, 1.82) is 0 Å². The summed E-state index contributed by atoms with van der Waals surface area (Å²) in [4.78, 5) is 13.5. The smallest absolute Gasteiger partial charge is 0.416 e. The molecule has 0 saturated heterocycles. The molecule has 0 radical (unpaired) electrons. The Balaban J connectivity index is 1.86. The summed E-state index contributed by atoms with van der Waals surface area (Å²) >= 11 is 1.33. The van der Waals surface area contributed by atoms with Crippen LogP contribution < -0.4 is 10.1 Å². The fraction of sp³-hybridized carbons (Fsp3) is 0.136. The van der Waals surface area contributed by atoms with Gasteiger partial charge in [0, 0.05) is 10.5 Å². The van der Waals surface area contributed by atoms with E-state index < -0.39 is 17.1 Å². The van der Waals surface area contributed by atoms with Gasteiger partial charge in [-0.25, -0.2) is 0 Å². The Morgan fingerprint density at radius 3 is 2.10 bits per heavy atom. The number of carbonyl (C=O) groups excluding carboxylic acids is 1. The molecule has 0 saturated carbocycles. The van der Waals surface area contributed by atoms with E-state index in [0.29, 0.717) is 16.9 Å². The fourth-order valence-electron chi connectivity index (χ4n) is 2.61. The SMILES string of the molecule is COc1ccc(SC(NC(=O)c2ccccc2)c2ccc(C(F)(F)F)cc2)cc1. The van der Waals surface area contributed by atoms with Crippen molar-refractivity contribution in [3.8, 4) is 5.75 Å². The van der Waals surface area contributed by atoms with Crippen molar-refractivity contribution in [3.05, 3.63) is 95.6 Å². The molecule has 0 heterocycles. The first-order valence-corrected chi connectivity index (χ1v) is 9.58. The Kier molecular flexibility index (Phi) is 6.49. The Morgan fingerprint density at radius 1 is 0.931 bits per heavy atom. The van der Waals surface area contributed by atoms with Gasteiger partial charge in [-0.15, -0.1) is 0 Å². The highest BCUT2D eigenvalue weighted by atomic mass is 32.2. The number of hydrogen-bond acceptors (Lipinski definition) is 3. The van der Waals surface area contributed by atoms with Crippen LogP contribution in [-0.4, -0.2) is 13.0 Å². The number of benzene rings is 3. The molecule has 3 rings (SSSR count). The van der Waals surface area contributed by atoms with Crippen LogP contribution >= 0.6 is 11.8 Å². The molecule has 0 aliphatic carbocycles. The number of hydrogen-bond donors (Lipinski definition) is 1. The molecule has 1 amide bonds. The largest absolute Gasteiger partial charge is 0.497 e. The lowest BCUT2D eigenvalue weighted by Crippen LogP contribution is -2.26. The number of amides is 1. The molecule has 0 aliphatic heterocycles. The number of nitrogens with one attached hydrogen (secondary N) is 1. The van der Waals surface area contributed by atoms with Gasteiger partial charge >= 0.3 is 6.18 Å². The van der Waals surface area contributed by atoms with Crippen LogP contribution in [0.5, 0.6) is 5.75 Å². The molecule has 0 bridgehead atoms. The van der Waals surface area contributed by atoms with Crippen LogP contribution in [-0.2, 0) is 6.18 Å². The van der Waals surface area contributed by atoms with Crippen LogP contribution in [0.15, 0.2) is 83.8 Å². The van der Waals surface area contributed by atoms with Crippen LogP contribution in [0.1, 0.15) is 26.9 Å². The van der Waals surface area contributed by atoms with E-state index >= 15 is 0 Å². The molecule has 7 heteroatoms. The minimum absolute atomic E-state index is 0.309. The molecule has 3 aromatic rings. The Morgan fingerprint density at radius 2 is 1.55 bits per heavy atom. The van der Waals surface area contributed by atoms with Crippen molar-refractivity contribution >= 4 is 17.7 Å². The van der Waals surface area contributed by atoms with Crippen molar-refractivity contribution < 1.29 is 22.7 Å². The molecule has 0 spiro atoms. The predicted molar refractivity (Wildman–Crippen MR) is 107 cm³/mol. The second kappa shape index (κ2) is 9.05. The maximum Gasteiger partial charge on any atom is 0.416 e. The lowest BCUT2D eigenvalue weighted by Gasteiger charge is -2.20. The first kappa shape index (κ1) is 20.8. The first-order valence-electron chi connectivity index (χ1n) is 8.70. The third-order valence-electron chi connectivity index (χ3n) is 4.15. The molecule has 0 fully saturated rings. The summed E-state index contributed by atoms with van der Waals surface area (Å²) < 4.78 is 43.8. The van der Waals surface area contributed by atoms with Gasteiger partial charge in [-0.3, -0.25) is 4.79 Å². The van der Waals surface area contributed by atoms with Gasteiger partial charge in [0.15, 0.2) is 0 Å². The number of carbonyl (C=O) groups is 1. The zero-order valence-electron chi connectivity index (χ0n) is 15.4. The molecule has 1 unspecified atom stereocenters. The van der Waals surface area contributed by atoms with Gasteiger partial charge in [-0.1, -0.05) is 42.1 Å². The number of halogens is 3. The van der Waals surface area contributed by atoms with E-state index in [1.807, 2.05) is 12.1 Å². The molecular weight excluding hydrogens is 399 g/mol. The molecule has 0 aliphatic rings. The summed E-state index contributed by atoms with van der Waals surface area (Å²) in [7, 11) is 1.56. The molecular formula is C22H18F3NO2S. The molecule has 3 aromatic carbocycles. The molecule has 1 atom stereocenters. The van der Waals surface area contributed by atoms with Gasteiger partial charge < -0.3 is 10.1 Å². The topological polar surface area (TPSA) is 38.3 Å². The van der Waals surface area contributed by atoms with Crippen LogP contribution in [0.25, 0.3) is 0 Å². The maximum atomic E-state index is 12.9. The zero-order valence-corrected chi connectivity index (χ0v) is 16.3. The van der Waals surface area contributed by atoms with Gasteiger partial charge in [-0.2, -0.15) is 13.2 Å². The minimum atomic E-state index is -4.41. The van der Waals surface area contributed by atoms with Crippen molar-refractivity contribution in [2.75, 3.05) is 7.11 Å². The second-order valence-electron chi connectivity index (χ2n) is 6.13. The normalized spacial score (nSPS) is 12.3. The van der Waals surface area contributed by atoms with E-state index in [1.165, 1.54) is 23.9 Å². The van der Waals surface area contributed by atoms with E-state index in [9.17, 15) is 18.0 Å². The summed E-state index contributed by atoms with van der Waals surface area (Å²) in [6.07, 6.45) is -4.41. The quantitative estimate of drug-likeness (QED) is 0.399. The molecule has 150 valence electrons. The summed E-state index contributed by atoms with van der Waals surface area (Å²) in [6, 6.07) is 20.7. The molecule has 3 nitrogen and oxygen atoms in total. The van der Waals surface area contributed by atoms with E-state index in [2.05, 4.69) is 5.32 Å². The van der Waals surface area contributed by atoms with Crippen LogP contribution in [0, 0.1) is 0 Å². The van der Waals surface area contributed by atoms with Gasteiger partial charge in [-0.05, 0) is 54.1 Å². The Hall–Kier alpha value is -2.93. The number of thioether (sulfide) groups is 1. The first-order chi connectivity index (χ1) is 13.9. The van der Waals surface area contributed by atoms with Crippen molar-refractivity contribution in [1.82, 2.24) is 5.32 Å². The van der Waals surface area contributed by atoms with Crippen LogP contribution in [0.4, 0.5) is 13.2 Å². The lowest BCUT2D eigenvalue weighted by atomic mass is 10.1. The molecule has 0 aromatic heterocycles. The molecule has 1 N–H and O–H groups in total. The lowest BCUT2D eigenvalue weighted by molar-refractivity contribution is -0.137. The Labute approximate surface area is 170 Å². The van der Waals surface area contributed by atoms with E-state index in [4.69, 9.17) is 4.74 Å². The summed E-state index contributed by atoms with van der Waals surface area (Å²) in [5.74, 6) is 0.380. The summed E-state index contributed by atoms with van der Waals surface area (Å²) in [6.45, 7) is 0. The number of alkyl halides is 3. The predicted octanol–water partition coefficient (Wildman–Crippen LogP) is 5.93. The third kappa shape index (κ3) is 5.54. The maximum absolute atomic E-state index is 12.9. The number of rotatable bonds is 6. The van der Waals surface area contributed by atoms with Crippen molar-refractivity contribution in [3.63, 3.8) is 0 Å². The van der Waals surface area contributed by atoms with Gasteiger partial charge in [0.05, 0.1) is 12.7 Å². The molecule has 29 heavy (non-hydrogen) atoms.